The van der Waals surface area contributed by atoms with Gasteiger partial charge in [0, 0.05) is 6.54 Å². The Bertz CT molecular complexity index is 541. The van der Waals surface area contributed by atoms with Crippen LogP contribution in [0.5, 0.6) is 5.75 Å². The standard InChI is InChI=1S/C10H8F6N2O3/c11-9(12,13)8-6(21-10(14,15)16)1-4(3-17)5(18-8)2-7(19)20/h1H,2-3,17H2,(H,19,20). The highest BCUT2D eigenvalue weighted by Crippen LogP contribution is 2.38. The molecule has 0 bridgehead atoms. The molecule has 0 amide bonds. The number of hydrogen-bond donors (Lipinski definition) is 2. The minimum absolute atomic E-state index is 0.287. The molecule has 1 rings (SSSR count). The Morgan fingerprint density at radius 1 is 1.29 bits per heavy atom. The number of aliphatic carboxylic acids is 1. The molecular weight excluding hydrogens is 310 g/mol. The Kier molecular flexibility index (Phi) is 4.66. The van der Waals surface area contributed by atoms with E-state index in [0.29, 0.717) is 6.07 Å². The molecule has 0 unspecified atom stereocenters. The van der Waals surface area contributed by atoms with Gasteiger partial charge < -0.3 is 15.6 Å². The second-order valence-corrected chi connectivity index (χ2v) is 3.76. The van der Waals surface area contributed by atoms with E-state index >= 15 is 0 Å². The summed E-state index contributed by atoms with van der Waals surface area (Å²) in [4.78, 5) is 13.5. The van der Waals surface area contributed by atoms with Gasteiger partial charge in [-0.05, 0) is 11.6 Å². The monoisotopic (exact) mass is 318 g/mol. The quantitative estimate of drug-likeness (QED) is 0.830. The van der Waals surface area contributed by atoms with Gasteiger partial charge in [-0.2, -0.15) is 13.2 Å². The second kappa shape index (κ2) is 5.76. The zero-order valence-corrected chi connectivity index (χ0v) is 10.0. The molecule has 5 nitrogen and oxygen atoms in total. The molecule has 0 saturated heterocycles. The zero-order chi connectivity index (χ0) is 16.4. The topological polar surface area (TPSA) is 85.4 Å². The number of alkyl halides is 6. The van der Waals surface area contributed by atoms with Gasteiger partial charge in [0.15, 0.2) is 11.4 Å². The van der Waals surface area contributed by atoms with E-state index in [4.69, 9.17) is 10.8 Å². The number of aromatic nitrogens is 1. The van der Waals surface area contributed by atoms with Crippen molar-refractivity contribution in [2.45, 2.75) is 25.5 Å². The summed E-state index contributed by atoms with van der Waals surface area (Å²) >= 11 is 0. The lowest BCUT2D eigenvalue weighted by Gasteiger charge is -2.17. The van der Waals surface area contributed by atoms with E-state index in [1.165, 1.54) is 0 Å². The van der Waals surface area contributed by atoms with E-state index in [-0.39, 0.29) is 5.56 Å². The van der Waals surface area contributed by atoms with Gasteiger partial charge in [-0.3, -0.25) is 4.79 Å². The van der Waals surface area contributed by atoms with Crippen molar-refractivity contribution in [3.63, 3.8) is 0 Å². The summed E-state index contributed by atoms with van der Waals surface area (Å²) in [6.45, 7) is -0.498. The molecule has 0 aliphatic carbocycles. The Morgan fingerprint density at radius 2 is 1.86 bits per heavy atom. The number of ether oxygens (including phenoxy) is 1. The van der Waals surface area contributed by atoms with Gasteiger partial charge in [0.2, 0.25) is 0 Å². The fraction of sp³-hybridized carbons (Fsp3) is 0.400. The molecule has 21 heavy (non-hydrogen) atoms. The summed E-state index contributed by atoms with van der Waals surface area (Å²) in [6.07, 6.45) is -11.5. The van der Waals surface area contributed by atoms with Crippen LogP contribution in [0.25, 0.3) is 0 Å². The van der Waals surface area contributed by atoms with Gasteiger partial charge in [-0.1, -0.05) is 0 Å². The lowest BCUT2D eigenvalue weighted by Crippen LogP contribution is -2.23. The first-order chi connectivity index (χ1) is 9.44. The first kappa shape index (κ1) is 17.0. The predicted molar refractivity (Wildman–Crippen MR) is 55.2 cm³/mol. The number of halogens is 6. The van der Waals surface area contributed by atoms with E-state index in [1.807, 2.05) is 0 Å². The number of nitrogens with zero attached hydrogens (tertiary/aromatic N) is 1. The van der Waals surface area contributed by atoms with Crippen molar-refractivity contribution in [3.8, 4) is 5.75 Å². The van der Waals surface area contributed by atoms with Crippen LogP contribution in [0.2, 0.25) is 0 Å². The van der Waals surface area contributed by atoms with Crippen LogP contribution < -0.4 is 10.5 Å². The summed E-state index contributed by atoms with van der Waals surface area (Å²) < 4.78 is 77.7. The zero-order valence-electron chi connectivity index (χ0n) is 10.0. The maximum atomic E-state index is 12.7. The van der Waals surface area contributed by atoms with Crippen LogP contribution in [0, 0.1) is 0 Å². The van der Waals surface area contributed by atoms with Crippen molar-refractivity contribution in [1.82, 2.24) is 4.98 Å². The van der Waals surface area contributed by atoms with E-state index in [0.717, 1.165) is 0 Å². The second-order valence-electron chi connectivity index (χ2n) is 3.76. The molecule has 11 heteroatoms. The molecule has 1 aromatic heterocycles. The maximum absolute atomic E-state index is 12.7. The highest BCUT2D eigenvalue weighted by Gasteiger charge is 2.41. The first-order valence-electron chi connectivity index (χ1n) is 5.21. The van der Waals surface area contributed by atoms with Crippen LogP contribution in [-0.2, 0) is 23.9 Å². The molecular formula is C10H8F6N2O3. The Morgan fingerprint density at radius 3 is 2.24 bits per heavy atom. The van der Waals surface area contributed by atoms with E-state index in [9.17, 15) is 31.1 Å². The largest absolute Gasteiger partial charge is 0.573 e. The van der Waals surface area contributed by atoms with E-state index in [2.05, 4.69) is 9.72 Å². The van der Waals surface area contributed by atoms with Crippen LogP contribution in [0.4, 0.5) is 26.3 Å². The molecule has 3 N–H and O–H groups in total. The molecule has 0 aliphatic heterocycles. The molecule has 1 heterocycles. The number of carboxylic acids is 1. The fourth-order valence-corrected chi connectivity index (χ4v) is 1.45. The summed E-state index contributed by atoms with van der Waals surface area (Å²) in [5.41, 5.74) is 2.34. The third-order valence-electron chi connectivity index (χ3n) is 2.19. The number of carbonyl (C=O) groups is 1. The van der Waals surface area contributed by atoms with E-state index in [1.54, 1.807) is 0 Å². The van der Waals surface area contributed by atoms with Gasteiger partial charge >= 0.3 is 18.5 Å². The predicted octanol–water partition coefficient (Wildman–Crippen LogP) is 2.08. The van der Waals surface area contributed by atoms with Crippen molar-refractivity contribution in [2.24, 2.45) is 5.73 Å². The summed E-state index contributed by atoms with van der Waals surface area (Å²) in [5.74, 6) is -3.08. The smallest absolute Gasteiger partial charge is 0.481 e. The fourth-order valence-electron chi connectivity index (χ4n) is 1.45. The lowest BCUT2D eigenvalue weighted by atomic mass is 10.1. The van der Waals surface area contributed by atoms with E-state index < -0.39 is 48.6 Å². The normalized spacial score (nSPS) is 12.3. The van der Waals surface area contributed by atoms with Gasteiger partial charge in [0.05, 0.1) is 12.1 Å². The molecule has 0 radical (unpaired) electrons. The summed E-state index contributed by atoms with van der Waals surface area (Å²) in [7, 11) is 0. The Hall–Kier alpha value is -2.04. The van der Waals surface area contributed by atoms with Crippen molar-refractivity contribution < 1.29 is 41.0 Å². The van der Waals surface area contributed by atoms with Gasteiger partial charge in [-0.15, -0.1) is 13.2 Å². The molecule has 0 atom stereocenters. The average Bonchev–Trinajstić information content (AvgIpc) is 2.26. The minimum atomic E-state index is -5.36. The maximum Gasteiger partial charge on any atom is 0.573 e. The van der Waals surface area contributed by atoms with Gasteiger partial charge in [0.1, 0.15) is 0 Å². The lowest BCUT2D eigenvalue weighted by molar-refractivity contribution is -0.276. The Labute approximate surface area is 113 Å². The molecule has 0 aromatic carbocycles. The number of rotatable bonds is 4. The van der Waals surface area contributed by atoms with Crippen molar-refractivity contribution in [3.05, 3.63) is 23.0 Å². The number of carboxylic acid groups (broad SMARTS) is 1. The van der Waals surface area contributed by atoms with Crippen LogP contribution in [0.1, 0.15) is 17.0 Å². The van der Waals surface area contributed by atoms with Gasteiger partial charge in [0.25, 0.3) is 0 Å². The average molecular weight is 318 g/mol. The summed E-state index contributed by atoms with van der Waals surface area (Å²) in [5, 5.41) is 8.56. The highest BCUT2D eigenvalue weighted by molar-refractivity contribution is 5.70. The van der Waals surface area contributed by atoms with Crippen LogP contribution in [0.15, 0.2) is 6.07 Å². The van der Waals surface area contributed by atoms with Crippen molar-refractivity contribution >= 4 is 5.97 Å². The van der Waals surface area contributed by atoms with Crippen molar-refractivity contribution in [1.29, 1.82) is 0 Å². The SMILES string of the molecule is NCc1cc(OC(F)(F)F)c(C(F)(F)F)nc1CC(=O)O. The third kappa shape index (κ3) is 4.77. The molecule has 0 spiro atoms. The molecule has 1 aromatic rings. The molecule has 0 fully saturated rings. The first-order valence-corrected chi connectivity index (χ1v) is 5.21. The highest BCUT2D eigenvalue weighted by atomic mass is 19.4. The molecule has 118 valence electrons. The van der Waals surface area contributed by atoms with Gasteiger partial charge in [-0.25, -0.2) is 4.98 Å². The number of nitrogens with two attached hydrogens (primary N) is 1. The number of hydrogen-bond acceptors (Lipinski definition) is 4. The van der Waals surface area contributed by atoms with Crippen LogP contribution in [-0.4, -0.2) is 22.4 Å². The molecule has 0 saturated carbocycles. The number of pyridine rings is 1. The summed E-state index contributed by atoms with van der Waals surface area (Å²) in [6, 6.07) is 0.390. The third-order valence-corrected chi connectivity index (χ3v) is 2.19. The van der Waals surface area contributed by atoms with Crippen molar-refractivity contribution in [2.75, 3.05) is 0 Å². The minimum Gasteiger partial charge on any atom is -0.481 e. The van der Waals surface area contributed by atoms with Crippen LogP contribution in [0.3, 0.4) is 0 Å². The van der Waals surface area contributed by atoms with Crippen LogP contribution >= 0.6 is 0 Å². The Balaban J connectivity index is 3.45. The molecule has 0 aliphatic rings.